The van der Waals surface area contributed by atoms with Gasteiger partial charge in [0.15, 0.2) is 0 Å². The van der Waals surface area contributed by atoms with Crippen LogP contribution in [0, 0.1) is 47.3 Å². The van der Waals surface area contributed by atoms with Gasteiger partial charge >= 0.3 is 0 Å². The van der Waals surface area contributed by atoms with Crippen molar-refractivity contribution in [3.8, 4) is 0 Å². The van der Waals surface area contributed by atoms with Crippen molar-refractivity contribution in [1.82, 2.24) is 84.9 Å². The molecule has 5 saturated heterocycles. The molecule has 4 saturated carbocycles. The molecule has 0 radical (unpaired) electrons. The Labute approximate surface area is 851 Å². The van der Waals surface area contributed by atoms with Gasteiger partial charge in [-0.15, -0.1) is 94.1 Å². The highest BCUT2D eigenvalue weighted by Gasteiger charge is 2.69. The zero-order valence-corrected chi connectivity index (χ0v) is 88.4. The molecule has 0 aromatic heterocycles. The zero-order valence-electron chi connectivity index (χ0n) is 81.9. The van der Waals surface area contributed by atoms with Gasteiger partial charge in [-0.2, -0.15) is 0 Å². The zero-order chi connectivity index (χ0) is 93.3. The van der Waals surface area contributed by atoms with Crippen molar-refractivity contribution in [3.63, 3.8) is 0 Å². The minimum atomic E-state index is -0.219. The molecule has 8 aromatic rings. The second-order valence-electron chi connectivity index (χ2n) is 39.6. The van der Waals surface area contributed by atoms with Crippen LogP contribution >= 0.6 is 94.1 Å². The summed E-state index contributed by atoms with van der Waals surface area (Å²) < 4.78 is 0. The molecule has 4 aliphatic carbocycles. The molecule has 5 heterocycles. The highest BCUT2D eigenvalue weighted by atomic mass is 32.2. The van der Waals surface area contributed by atoms with Crippen LogP contribution in [-0.4, -0.2) is 191 Å². The van der Waals surface area contributed by atoms with Crippen LogP contribution in [0.25, 0.3) is 0 Å². The predicted molar refractivity (Wildman–Crippen MR) is 585 cm³/mol. The van der Waals surface area contributed by atoms with Gasteiger partial charge in [0.1, 0.15) is 0 Å². The summed E-state index contributed by atoms with van der Waals surface area (Å²) >= 11 is 17.3. The molecule has 16 nitrogen and oxygen atoms in total. The number of hydrogen-bond donors (Lipinski definition) is 15. The van der Waals surface area contributed by atoms with Crippen molar-refractivity contribution in [1.29, 1.82) is 0 Å². The fourth-order valence-electron chi connectivity index (χ4n) is 24.3. The molecule has 9 aliphatic rings. The van der Waals surface area contributed by atoms with Gasteiger partial charge in [-0.3, -0.25) is 42.6 Å². The Morgan fingerprint density at radius 1 is 0.221 bits per heavy atom. The standard InChI is InChI=1S/C112H160N16S8/c1-9-17-65-113-83-73-82-84(92(115-67-19-11-3)91(83)114-66-18-10-2)106-121-105(82)122-107-87-88(98(130-75-51-35-26-36-52-75)102(134-79-59-43-30-44-60-79)101(133-78-57-41-29-42-58-78)97(87)129-74-49-33-25-34-50-74)108(123-107)124-109-89-90(100(132-77-55-39-28-40-56-77)104(136-81-63-47-32-48-64-81)103(135-80-61-45-31-46-62-80)99(89)131-76-53-37-27-38-54-76)110(125-109)127-112-86-85(111(126-106)128(112)120-72-24-16-8)93(116-68-20-12-4)95(118-70-22-14-6)96(119-71-23-15-7)94(86)117-69-21-13-5/h25-64,82-127H,9-24,65-73H2,1-8H3. The third-order valence-electron chi connectivity index (χ3n) is 30.6. The number of hydrogen-bond acceptors (Lipinski definition) is 24. The number of benzene rings is 8. The van der Waals surface area contributed by atoms with Crippen molar-refractivity contribution < 1.29 is 0 Å². The molecular weight excluding hydrogens is 1830 g/mol. The summed E-state index contributed by atoms with van der Waals surface area (Å²) in [5.41, 5.74) is 4.62. The first-order valence-corrected chi connectivity index (χ1v) is 59.9. The van der Waals surface area contributed by atoms with Crippen molar-refractivity contribution >= 4 is 94.1 Å². The molecule has 24 heteroatoms. The monoisotopic (exact) mass is 1990 g/mol. The van der Waals surface area contributed by atoms with E-state index in [1.54, 1.807) is 0 Å². The molecule has 15 N–H and O–H groups in total. The topological polar surface area (TPSA) is 184 Å². The van der Waals surface area contributed by atoms with Crippen LogP contribution in [-0.2, 0) is 0 Å². The van der Waals surface area contributed by atoms with Crippen molar-refractivity contribution in [2.45, 2.75) is 337 Å². The second-order valence-corrected chi connectivity index (χ2v) is 49.6. The lowest BCUT2D eigenvalue weighted by Gasteiger charge is -2.53. The molecule has 31 unspecified atom stereocenters. The van der Waals surface area contributed by atoms with Crippen LogP contribution in [0.4, 0.5) is 0 Å². The Balaban J connectivity index is 0.954. The van der Waals surface area contributed by atoms with Crippen LogP contribution in [0.3, 0.4) is 0 Å². The van der Waals surface area contributed by atoms with E-state index in [0.29, 0.717) is 0 Å². The number of hydrazine groups is 1. The first kappa shape index (κ1) is 103. The normalized spacial score (nSPS) is 33.5. The molecule has 9 fully saturated rings. The van der Waals surface area contributed by atoms with Crippen LogP contribution in [0.15, 0.2) is 282 Å². The van der Waals surface area contributed by atoms with E-state index in [9.17, 15) is 0 Å². The third-order valence-corrected chi connectivity index (χ3v) is 42.9. The van der Waals surface area contributed by atoms with E-state index in [2.05, 4.69) is 440 Å². The Morgan fingerprint density at radius 2 is 0.434 bits per heavy atom. The molecule has 0 spiro atoms. The Kier molecular flexibility index (Phi) is 40.4. The van der Waals surface area contributed by atoms with Crippen LogP contribution in [0.5, 0.6) is 0 Å². The minimum absolute atomic E-state index is 0.0416. The molecular formula is C112H160N16S8. The van der Waals surface area contributed by atoms with E-state index < -0.39 is 0 Å². The van der Waals surface area contributed by atoms with Gasteiger partial charge in [0.05, 0.1) is 49.3 Å². The summed E-state index contributed by atoms with van der Waals surface area (Å²) in [6, 6.07) is 93.9. The highest BCUT2D eigenvalue weighted by molar-refractivity contribution is 8.08. The van der Waals surface area contributed by atoms with E-state index in [1.807, 2.05) is 0 Å². The van der Waals surface area contributed by atoms with Gasteiger partial charge < -0.3 is 37.2 Å². The fourth-order valence-corrected chi connectivity index (χ4v) is 37.4. The van der Waals surface area contributed by atoms with Gasteiger partial charge in [-0.25, -0.2) is 5.01 Å². The lowest BCUT2D eigenvalue weighted by molar-refractivity contribution is 0.0305. The summed E-state index contributed by atoms with van der Waals surface area (Å²) in [5.74, 6) is 0.738. The lowest BCUT2D eigenvalue weighted by atomic mass is 9.66. The first-order chi connectivity index (χ1) is 67.2. The summed E-state index contributed by atoms with van der Waals surface area (Å²) in [4.78, 5) is 10.6. The van der Waals surface area contributed by atoms with Crippen LogP contribution in [0.2, 0.25) is 0 Å². The minimum Gasteiger partial charge on any atom is -0.312 e. The van der Waals surface area contributed by atoms with Gasteiger partial charge in [-0.1, -0.05) is 252 Å². The number of nitrogens with one attached hydrogen (secondary N) is 15. The fraction of sp³-hybridized carbons (Fsp3) is 0.571. The third kappa shape index (κ3) is 25.3. The maximum atomic E-state index is 5.17. The molecule has 8 bridgehead atoms. The molecule has 31 atom stereocenters. The molecule has 8 aromatic carbocycles. The van der Waals surface area contributed by atoms with Gasteiger partial charge in [0.25, 0.3) is 0 Å². The average Bonchev–Trinajstić information content (AvgIpc) is 1.55. The van der Waals surface area contributed by atoms with E-state index in [4.69, 9.17) is 37.2 Å². The molecule has 0 amide bonds. The van der Waals surface area contributed by atoms with Gasteiger partial charge in [-0.05, 0) is 207 Å². The van der Waals surface area contributed by atoms with E-state index in [1.165, 1.54) is 39.2 Å². The summed E-state index contributed by atoms with van der Waals surface area (Å²) in [6.07, 6.45) is 17.5. The first-order valence-electron chi connectivity index (χ1n) is 52.9. The summed E-state index contributed by atoms with van der Waals surface area (Å²) in [7, 11) is 0. The average molecular weight is 1990 g/mol. The van der Waals surface area contributed by atoms with Crippen molar-refractivity contribution in [2.75, 3.05) is 52.4 Å². The number of thioether (sulfide) groups is 8. The molecule has 136 heavy (non-hydrogen) atoms. The number of unbranched alkanes of at least 4 members (excludes halogenated alkanes) is 8. The summed E-state index contributed by atoms with van der Waals surface area (Å²) in [6.45, 7) is 26.7. The number of nitrogens with zero attached hydrogens (tertiary/aromatic N) is 1. The van der Waals surface area contributed by atoms with Gasteiger partial charge in [0, 0.05) is 171 Å². The van der Waals surface area contributed by atoms with Crippen LogP contribution in [0.1, 0.15) is 165 Å². The highest BCUT2D eigenvalue weighted by Crippen LogP contribution is 2.62. The Hall–Kier alpha value is -4.08. The van der Waals surface area contributed by atoms with Crippen LogP contribution < -0.4 is 79.9 Å². The van der Waals surface area contributed by atoms with Crippen molar-refractivity contribution in [3.05, 3.63) is 243 Å². The second kappa shape index (κ2) is 53.1. The lowest BCUT2D eigenvalue weighted by Crippen LogP contribution is -2.76. The summed E-state index contributed by atoms with van der Waals surface area (Å²) in [5, 5.41) is 71.0. The van der Waals surface area contributed by atoms with E-state index in [0.717, 1.165) is 162 Å². The van der Waals surface area contributed by atoms with E-state index in [-0.39, 0.29) is 181 Å². The molecule has 5 aliphatic heterocycles. The number of fused-ring (bicyclic) bond motifs is 20. The Bertz CT molecular complexity index is 4710. The number of rotatable bonds is 48. The smallest absolute Gasteiger partial charge is 0.0811 e. The molecule has 17 rings (SSSR count). The SMILES string of the molecule is CCCCNC1CC2C3NC(NC4C5C(NCCCC)C(NCCCC)C(NCCCC)C(NCCCC)C5C(NC5NC(NC6NC(N3)C3C(Sc7ccccc7)C(Sc7ccccc7)C(Sc7ccccc7)C(Sc7ccccc7)C63)C3C(Sc6ccccc6)C(Sc6ccccc6)C(Sc6ccccc6)C(Sc6ccccc6)C53)N4NCCCC)C2C(NCCCC)C1NCCCC. The quantitative estimate of drug-likeness (QED) is 0.0162. The van der Waals surface area contributed by atoms with E-state index >= 15 is 0 Å². The predicted octanol–water partition coefficient (Wildman–Crippen LogP) is 20.4. The molecule has 736 valence electrons. The van der Waals surface area contributed by atoms with Gasteiger partial charge in [0.2, 0.25) is 0 Å². The maximum absolute atomic E-state index is 5.17. The Morgan fingerprint density at radius 3 is 0.706 bits per heavy atom. The largest absolute Gasteiger partial charge is 0.312 e. The maximum Gasteiger partial charge on any atom is 0.0811 e. The van der Waals surface area contributed by atoms with Crippen molar-refractivity contribution in [2.24, 2.45) is 47.3 Å².